The van der Waals surface area contributed by atoms with Crippen LogP contribution >= 0.6 is 27.5 Å². The van der Waals surface area contributed by atoms with Crippen molar-refractivity contribution < 1.29 is 13.9 Å². The van der Waals surface area contributed by atoms with Crippen molar-refractivity contribution in [1.29, 1.82) is 0 Å². The Morgan fingerprint density at radius 1 is 1.17 bits per heavy atom. The van der Waals surface area contributed by atoms with Gasteiger partial charge in [-0.3, -0.25) is 0 Å². The van der Waals surface area contributed by atoms with Crippen molar-refractivity contribution in [2.75, 3.05) is 0 Å². The Labute approximate surface area is 116 Å². The minimum absolute atomic E-state index is 0.00815. The van der Waals surface area contributed by atoms with Gasteiger partial charge in [0.15, 0.2) is 0 Å². The molecule has 0 saturated heterocycles. The van der Waals surface area contributed by atoms with Gasteiger partial charge >= 0.3 is 0 Å². The molecule has 1 unspecified atom stereocenters. The van der Waals surface area contributed by atoms with Crippen molar-refractivity contribution in [2.24, 2.45) is 0 Å². The second-order valence-electron chi connectivity index (χ2n) is 3.72. The van der Waals surface area contributed by atoms with Gasteiger partial charge in [0, 0.05) is 10.0 Å². The highest BCUT2D eigenvalue weighted by molar-refractivity contribution is 9.10. The molecule has 1 nitrogen and oxygen atoms in total. The number of halogens is 4. The van der Waals surface area contributed by atoms with Crippen LogP contribution in [0.15, 0.2) is 40.9 Å². The van der Waals surface area contributed by atoms with Crippen molar-refractivity contribution in [3.05, 3.63) is 68.7 Å². The topological polar surface area (TPSA) is 20.2 Å². The molecule has 0 radical (unpaired) electrons. The first-order valence-electron chi connectivity index (χ1n) is 5.07. The van der Waals surface area contributed by atoms with Crippen LogP contribution in [0.1, 0.15) is 17.2 Å². The van der Waals surface area contributed by atoms with E-state index in [9.17, 15) is 13.9 Å². The van der Waals surface area contributed by atoms with E-state index < -0.39 is 17.7 Å². The molecule has 0 aliphatic rings. The highest BCUT2D eigenvalue weighted by Gasteiger charge is 2.18. The number of benzene rings is 2. The summed E-state index contributed by atoms with van der Waals surface area (Å²) in [6, 6.07) is 8.31. The fourth-order valence-electron chi connectivity index (χ4n) is 1.61. The van der Waals surface area contributed by atoms with E-state index in [1.165, 1.54) is 30.3 Å². The van der Waals surface area contributed by atoms with Gasteiger partial charge in [0.1, 0.15) is 17.7 Å². The first-order chi connectivity index (χ1) is 8.50. The summed E-state index contributed by atoms with van der Waals surface area (Å²) in [6.07, 6.45) is -1.26. The monoisotopic (exact) mass is 332 g/mol. The fraction of sp³-hybridized carbons (Fsp3) is 0.0769. The van der Waals surface area contributed by atoms with Gasteiger partial charge in [-0.1, -0.05) is 29.8 Å². The zero-order chi connectivity index (χ0) is 13.3. The number of aliphatic hydroxyl groups is 1. The smallest absolute Gasteiger partial charge is 0.149 e. The molecule has 2 aromatic rings. The molecule has 0 fully saturated rings. The summed E-state index contributed by atoms with van der Waals surface area (Å²) in [5.41, 5.74) is 0.279. The molecular formula is C13H8BrClF2O. The van der Waals surface area contributed by atoms with Crippen molar-refractivity contribution in [3.8, 4) is 0 Å². The van der Waals surface area contributed by atoms with Gasteiger partial charge in [0.25, 0.3) is 0 Å². The standard InChI is InChI=1S/C13H8BrClF2O/c14-10-5-4-9(12(17)11(10)15)13(18)7-2-1-3-8(16)6-7/h1-6,13,18H. The molecule has 0 aliphatic carbocycles. The third kappa shape index (κ3) is 2.55. The second kappa shape index (κ2) is 5.34. The van der Waals surface area contributed by atoms with Gasteiger partial charge in [-0.15, -0.1) is 0 Å². The maximum atomic E-state index is 13.9. The highest BCUT2D eigenvalue weighted by Crippen LogP contribution is 2.32. The van der Waals surface area contributed by atoms with E-state index in [2.05, 4.69) is 15.9 Å². The molecule has 0 amide bonds. The van der Waals surface area contributed by atoms with Crippen molar-refractivity contribution in [1.82, 2.24) is 0 Å². The highest BCUT2D eigenvalue weighted by atomic mass is 79.9. The lowest BCUT2D eigenvalue weighted by Gasteiger charge is -2.13. The maximum Gasteiger partial charge on any atom is 0.149 e. The molecule has 1 N–H and O–H groups in total. The summed E-state index contributed by atoms with van der Waals surface area (Å²) in [5.74, 6) is -1.21. The van der Waals surface area contributed by atoms with E-state index in [-0.39, 0.29) is 16.1 Å². The first-order valence-corrected chi connectivity index (χ1v) is 6.24. The van der Waals surface area contributed by atoms with Crippen LogP contribution in [0.4, 0.5) is 8.78 Å². The van der Waals surface area contributed by atoms with Crippen molar-refractivity contribution in [2.45, 2.75) is 6.10 Å². The van der Waals surface area contributed by atoms with E-state index in [1.54, 1.807) is 0 Å². The average Bonchev–Trinajstić information content (AvgIpc) is 2.35. The van der Waals surface area contributed by atoms with Crippen LogP contribution in [-0.2, 0) is 0 Å². The first kappa shape index (κ1) is 13.5. The molecule has 18 heavy (non-hydrogen) atoms. The van der Waals surface area contributed by atoms with Crippen LogP contribution in [-0.4, -0.2) is 5.11 Å². The SMILES string of the molecule is OC(c1cccc(F)c1)c1ccc(Br)c(Cl)c1F. The van der Waals surface area contributed by atoms with Crippen LogP contribution in [0.3, 0.4) is 0 Å². The molecule has 94 valence electrons. The van der Waals surface area contributed by atoms with Crippen LogP contribution in [0, 0.1) is 11.6 Å². The lowest BCUT2D eigenvalue weighted by atomic mass is 10.0. The Morgan fingerprint density at radius 2 is 1.89 bits per heavy atom. The van der Waals surface area contributed by atoms with Gasteiger partial charge in [0.2, 0.25) is 0 Å². The van der Waals surface area contributed by atoms with E-state index in [0.29, 0.717) is 4.47 Å². The summed E-state index contributed by atoms with van der Waals surface area (Å²) < 4.78 is 27.3. The van der Waals surface area contributed by atoms with E-state index in [0.717, 1.165) is 6.07 Å². The third-order valence-corrected chi connectivity index (χ3v) is 3.78. The zero-order valence-corrected chi connectivity index (χ0v) is 11.3. The van der Waals surface area contributed by atoms with Crippen LogP contribution in [0.5, 0.6) is 0 Å². The maximum absolute atomic E-state index is 13.9. The molecule has 0 aliphatic heterocycles. The van der Waals surface area contributed by atoms with Crippen LogP contribution < -0.4 is 0 Å². The lowest BCUT2D eigenvalue weighted by molar-refractivity contribution is 0.214. The molecule has 0 saturated carbocycles. The van der Waals surface area contributed by atoms with Gasteiger partial charge in [-0.2, -0.15) is 0 Å². The minimum Gasteiger partial charge on any atom is -0.384 e. The normalized spacial score (nSPS) is 12.5. The van der Waals surface area contributed by atoms with E-state index >= 15 is 0 Å². The molecule has 0 spiro atoms. The Morgan fingerprint density at radius 3 is 2.56 bits per heavy atom. The average molecular weight is 334 g/mol. The van der Waals surface area contributed by atoms with Crippen molar-refractivity contribution in [3.63, 3.8) is 0 Å². The van der Waals surface area contributed by atoms with E-state index in [1.807, 2.05) is 0 Å². The van der Waals surface area contributed by atoms with Crippen molar-refractivity contribution >= 4 is 27.5 Å². The molecule has 0 bridgehead atoms. The Kier molecular flexibility index (Phi) is 4.00. The van der Waals surface area contributed by atoms with E-state index in [4.69, 9.17) is 11.6 Å². The number of rotatable bonds is 2. The second-order valence-corrected chi connectivity index (χ2v) is 4.95. The van der Waals surface area contributed by atoms with Gasteiger partial charge in [-0.25, -0.2) is 8.78 Å². The van der Waals surface area contributed by atoms with Crippen LogP contribution in [0.25, 0.3) is 0 Å². The Hall–Kier alpha value is -0.970. The molecule has 0 heterocycles. The number of hydrogen-bond acceptors (Lipinski definition) is 1. The predicted molar refractivity (Wildman–Crippen MR) is 69.6 cm³/mol. The predicted octanol–water partition coefficient (Wildman–Crippen LogP) is 4.46. The summed E-state index contributed by atoms with van der Waals surface area (Å²) >= 11 is 8.82. The Balaban J connectivity index is 2.46. The number of hydrogen-bond donors (Lipinski definition) is 1. The summed E-state index contributed by atoms with van der Waals surface area (Å²) in [7, 11) is 0. The molecule has 2 rings (SSSR count). The molecule has 0 aromatic heterocycles. The summed E-state index contributed by atoms with van der Waals surface area (Å²) in [6.45, 7) is 0. The van der Waals surface area contributed by atoms with Gasteiger partial charge in [0.05, 0.1) is 5.02 Å². The number of aliphatic hydroxyl groups excluding tert-OH is 1. The summed E-state index contributed by atoms with van der Waals surface area (Å²) in [5, 5.41) is 9.92. The lowest BCUT2D eigenvalue weighted by Crippen LogP contribution is -2.03. The largest absolute Gasteiger partial charge is 0.384 e. The van der Waals surface area contributed by atoms with Crippen LogP contribution in [0.2, 0.25) is 5.02 Å². The molecule has 2 aromatic carbocycles. The molecular weight excluding hydrogens is 325 g/mol. The van der Waals surface area contributed by atoms with Gasteiger partial charge < -0.3 is 5.11 Å². The Bertz CT molecular complexity index is 589. The molecule has 1 atom stereocenters. The minimum atomic E-state index is -1.26. The third-order valence-electron chi connectivity index (χ3n) is 2.52. The summed E-state index contributed by atoms with van der Waals surface area (Å²) in [4.78, 5) is 0. The quantitative estimate of drug-likeness (QED) is 0.804. The fourth-order valence-corrected chi connectivity index (χ4v) is 2.09. The van der Waals surface area contributed by atoms with Gasteiger partial charge in [-0.05, 0) is 39.7 Å². The molecule has 5 heteroatoms. The zero-order valence-electron chi connectivity index (χ0n) is 9.00.